The Kier molecular flexibility index (Phi) is 4.66. The summed E-state index contributed by atoms with van der Waals surface area (Å²) in [6, 6.07) is 3.64. The summed E-state index contributed by atoms with van der Waals surface area (Å²) in [7, 11) is 0. The van der Waals surface area contributed by atoms with E-state index in [1.54, 1.807) is 0 Å². The van der Waals surface area contributed by atoms with Gasteiger partial charge in [-0.15, -0.1) is 0 Å². The van der Waals surface area contributed by atoms with Gasteiger partial charge in [0.25, 0.3) is 0 Å². The summed E-state index contributed by atoms with van der Waals surface area (Å²) in [5, 5.41) is 0. The van der Waals surface area contributed by atoms with Crippen molar-refractivity contribution in [3.8, 4) is 0 Å². The molecule has 104 valence electrons. The first-order valence-electron chi connectivity index (χ1n) is 7.25. The van der Waals surface area contributed by atoms with Crippen LogP contribution in [0.3, 0.4) is 0 Å². The summed E-state index contributed by atoms with van der Waals surface area (Å²) < 4.78 is 0. The summed E-state index contributed by atoms with van der Waals surface area (Å²) >= 11 is 0. The van der Waals surface area contributed by atoms with Crippen molar-refractivity contribution in [1.29, 1.82) is 0 Å². The van der Waals surface area contributed by atoms with Crippen LogP contribution in [0.2, 0.25) is 0 Å². The van der Waals surface area contributed by atoms with Gasteiger partial charge >= 0.3 is 0 Å². The highest BCUT2D eigenvalue weighted by molar-refractivity contribution is 5.95. The Labute approximate surface area is 114 Å². The predicted molar refractivity (Wildman–Crippen MR) is 82.0 cm³/mol. The standard InChI is InChI=1S/C15H24N4/c1-2-3-4-5-6-7-8-13-18-14-11(16)9-10-12(17)15(14)19-13/h9-10H,2-8,16-17H2,1H3,(H,18,19). The fourth-order valence-corrected chi connectivity index (χ4v) is 2.37. The van der Waals surface area contributed by atoms with E-state index in [1.807, 2.05) is 12.1 Å². The van der Waals surface area contributed by atoms with Crippen molar-refractivity contribution in [3.63, 3.8) is 0 Å². The molecular formula is C15H24N4. The van der Waals surface area contributed by atoms with Gasteiger partial charge in [0.2, 0.25) is 0 Å². The number of unbranched alkanes of at least 4 members (excludes halogenated alkanes) is 5. The van der Waals surface area contributed by atoms with Crippen LogP contribution in [0, 0.1) is 0 Å². The number of nitrogens with zero attached hydrogens (tertiary/aromatic N) is 1. The van der Waals surface area contributed by atoms with E-state index in [4.69, 9.17) is 11.5 Å². The van der Waals surface area contributed by atoms with Gasteiger partial charge in [0.05, 0.1) is 16.9 Å². The van der Waals surface area contributed by atoms with Gasteiger partial charge in [0, 0.05) is 6.42 Å². The molecule has 1 heterocycles. The molecule has 1 aromatic carbocycles. The lowest BCUT2D eigenvalue weighted by atomic mass is 10.1. The molecule has 0 atom stereocenters. The molecule has 0 aliphatic heterocycles. The number of anilines is 2. The number of aromatic nitrogens is 2. The van der Waals surface area contributed by atoms with E-state index in [0.717, 1.165) is 23.3 Å². The number of nitrogens with one attached hydrogen (secondary N) is 1. The van der Waals surface area contributed by atoms with Gasteiger partial charge in [-0.05, 0) is 18.6 Å². The van der Waals surface area contributed by atoms with E-state index in [1.165, 1.54) is 38.5 Å². The Morgan fingerprint density at radius 1 is 1.00 bits per heavy atom. The van der Waals surface area contributed by atoms with E-state index < -0.39 is 0 Å². The molecule has 0 bridgehead atoms. The smallest absolute Gasteiger partial charge is 0.114 e. The van der Waals surface area contributed by atoms with Crippen LogP contribution in [0.15, 0.2) is 12.1 Å². The van der Waals surface area contributed by atoms with E-state index in [0.29, 0.717) is 11.4 Å². The highest BCUT2D eigenvalue weighted by Crippen LogP contribution is 2.24. The lowest BCUT2D eigenvalue weighted by Crippen LogP contribution is -1.90. The summed E-state index contributed by atoms with van der Waals surface area (Å²) in [5.41, 5.74) is 14.9. The third-order valence-electron chi connectivity index (χ3n) is 3.52. The van der Waals surface area contributed by atoms with Crippen LogP contribution in [-0.4, -0.2) is 9.97 Å². The molecule has 19 heavy (non-hydrogen) atoms. The monoisotopic (exact) mass is 260 g/mol. The molecule has 4 nitrogen and oxygen atoms in total. The third-order valence-corrected chi connectivity index (χ3v) is 3.52. The first kappa shape index (κ1) is 13.7. The van der Waals surface area contributed by atoms with Crippen molar-refractivity contribution in [2.24, 2.45) is 0 Å². The SMILES string of the molecule is CCCCCCCCc1nc2c(N)ccc(N)c2[nH]1. The van der Waals surface area contributed by atoms with E-state index in [-0.39, 0.29) is 0 Å². The van der Waals surface area contributed by atoms with E-state index in [9.17, 15) is 0 Å². The summed E-state index contributed by atoms with van der Waals surface area (Å²) in [6.07, 6.45) is 8.71. The first-order valence-corrected chi connectivity index (χ1v) is 7.25. The van der Waals surface area contributed by atoms with Crippen LogP contribution in [0.5, 0.6) is 0 Å². The zero-order chi connectivity index (χ0) is 13.7. The molecule has 2 rings (SSSR count). The van der Waals surface area contributed by atoms with Gasteiger partial charge in [-0.2, -0.15) is 0 Å². The molecule has 0 saturated carbocycles. The van der Waals surface area contributed by atoms with Crippen molar-refractivity contribution in [3.05, 3.63) is 18.0 Å². The lowest BCUT2D eigenvalue weighted by Gasteiger charge is -1.98. The Morgan fingerprint density at radius 2 is 1.68 bits per heavy atom. The van der Waals surface area contributed by atoms with Gasteiger partial charge in [-0.3, -0.25) is 0 Å². The average Bonchev–Trinajstić information content (AvgIpc) is 2.83. The highest BCUT2D eigenvalue weighted by Gasteiger charge is 2.08. The normalized spacial score (nSPS) is 11.2. The molecule has 0 aliphatic rings. The number of nitrogen functional groups attached to an aromatic ring is 2. The van der Waals surface area contributed by atoms with Crippen LogP contribution in [-0.2, 0) is 6.42 Å². The van der Waals surface area contributed by atoms with Crippen molar-refractivity contribution in [2.75, 3.05) is 11.5 Å². The molecule has 0 spiro atoms. The fraction of sp³-hybridized carbons (Fsp3) is 0.533. The quantitative estimate of drug-likeness (QED) is 0.525. The van der Waals surface area contributed by atoms with Gasteiger partial charge in [0.1, 0.15) is 11.3 Å². The number of rotatable bonds is 7. The van der Waals surface area contributed by atoms with Crippen LogP contribution in [0.1, 0.15) is 51.3 Å². The van der Waals surface area contributed by atoms with Crippen LogP contribution >= 0.6 is 0 Å². The second-order valence-electron chi connectivity index (χ2n) is 5.17. The Balaban J connectivity index is 1.91. The maximum absolute atomic E-state index is 5.92. The molecule has 0 aliphatic carbocycles. The molecule has 0 saturated heterocycles. The number of benzene rings is 1. The minimum absolute atomic E-state index is 0.689. The second-order valence-corrected chi connectivity index (χ2v) is 5.17. The fourth-order valence-electron chi connectivity index (χ4n) is 2.37. The largest absolute Gasteiger partial charge is 0.397 e. The van der Waals surface area contributed by atoms with Crippen LogP contribution in [0.4, 0.5) is 11.4 Å². The number of hydrogen-bond donors (Lipinski definition) is 3. The molecule has 1 aromatic heterocycles. The molecule has 4 heteroatoms. The number of nitrogens with two attached hydrogens (primary N) is 2. The number of imidazole rings is 1. The molecular weight excluding hydrogens is 236 g/mol. The predicted octanol–water partition coefficient (Wildman–Crippen LogP) is 3.63. The highest BCUT2D eigenvalue weighted by atomic mass is 14.9. The maximum Gasteiger partial charge on any atom is 0.114 e. The number of H-pyrrole nitrogens is 1. The molecule has 5 N–H and O–H groups in total. The first-order chi connectivity index (χ1) is 9.22. The minimum Gasteiger partial charge on any atom is -0.397 e. The van der Waals surface area contributed by atoms with Gasteiger partial charge in [-0.1, -0.05) is 39.0 Å². The number of aromatic amines is 1. The summed E-state index contributed by atoms with van der Waals surface area (Å²) in [4.78, 5) is 7.84. The van der Waals surface area contributed by atoms with Gasteiger partial charge < -0.3 is 16.5 Å². The Bertz CT molecular complexity index is 491. The molecule has 0 amide bonds. The Hall–Kier alpha value is -1.71. The molecule has 0 radical (unpaired) electrons. The van der Waals surface area contributed by atoms with E-state index in [2.05, 4.69) is 16.9 Å². The van der Waals surface area contributed by atoms with Gasteiger partial charge in [0.15, 0.2) is 0 Å². The topological polar surface area (TPSA) is 80.7 Å². The zero-order valence-electron chi connectivity index (χ0n) is 11.7. The zero-order valence-corrected chi connectivity index (χ0v) is 11.7. The number of fused-ring (bicyclic) bond motifs is 1. The van der Waals surface area contributed by atoms with Crippen LogP contribution in [0.25, 0.3) is 11.0 Å². The minimum atomic E-state index is 0.689. The number of hydrogen-bond acceptors (Lipinski definition) is 3. The van der Waals surface area contributed by atoms with Crippen molar-refractivity contribution < 1.29 is 0 Å². The van der Waals surface area contributed by atoms with E-state index >= 15 is 0 Å². The van der Waals surface area contributed by atoms with Gasteiger partial charge in [-0.25, -0.2) is 4.98 Å². The van der Waals surface area contributed by atoms with Crippen LogP contribution < -0.4 is 11.5 Å². The van der Waals surface area contributed by atoms with Crippen molar-refractivity contribution >= 4 is 22.4 Å². The second kappa shape index (κ2) is 6.45. The average molecular weight is 260 g/mol. The van der Waals surface area contributed by atoms with Crippen molar-refractivity contribution in [2.45, 2.75) is 51.9 Å². The molecule has 2 aromatic rings. The third kappa shape index (κ3) is 3.40. The maximum atomic E-state index is 5.92. The summed E-state index contributed by atoms with van der Waals surface area (Å²) in [6.45, 7) is 2.24. The van der Waals surface area contributed by atoms with Crippen molar-refractivity contribution in [1.82, 2.24) is 9.97 Å². The number of aryl methyl sites for hydroxylation is 1. The molecule has 0 fully saturated rings. The Morgan fingerprint density at radius 3 is 2.42 bits per heavy atom. The lowest BCUT2D eigenvalue weighted by molar-refractivity contribution is 0.602. The molecule has 0 unspecified atom stereocenters. The summed E-state index contributed by atoms with van der Waals surface area (Å²) in [5.74, 6) is 0.995.